The summed E-state index contributed by atoms with van der Waals surface area (Å²) in [5.74, 6) is -0.784. The van der Waals surface area contributed by atoms with Crippen LogP contribution in [0.15, 0.2) is 60.7 Å². The van der Waals surface area contributed by atoms with Crippen LogP contribution in [0.1, 0.15) is 18.9 Å². The number of urea groups is 1. The predicted molar refractivity (Wildman–Crippen MR) is 98.5 cm³/mol. The Labute approximate surface area is 152 Å². The SMILES string of the molecule is C[C@@]1(CCc2ccccc2)NC(=O)N(CC(=O)Nc2ccccc2)C1=O. The second kappa shape index (κ2) is 7.39. The van der Waals surface area contributed by atoms with Gasteiger partial charge in [0.05, 0.1) is 0 Å². The molecule has 0 aliphatic carbocycles. The summed E-state index contributed by atoms with van der Waals surface area (Å²) in [7, 11) is 0. The molecule has 0 spiro atoms. The highest BCUT2D eigenvalue weighted by molar-refractivity contribution is 6.09. The Kier molecular flexibility index (Phi) is 5.02. The van der Waals surface area contributed by atoms with Gasteiger partial charge in [-0.25, -0.2) is 4.79 Å². The number of aryl methyl sites for hydroxylation is 1. The number of hydrogen-bond donors (Lipinski definition) is 2. The number of rotatable bonds is 6. The van der Waals surface area contributed by atoms with Crippen LogP contribution < -0.4 is 10.6 Å². The number of nitrogens with one attached hydrogen (secondary N) is 2. The van der Waals surface area contributed by atoms with E-state index in [9.17, 15) is 14.4 Å². The van der Waals surface area contributed by atoms with E-state index in [0.717, 1.165) is 10.5 Å². The number of nitrogens with zero attached hydrogens (tertiary/aromatic N) is 1. The fraction of sp³-hybridized carbons (Fsp3) is 0.250. The molecule has 1 atom stereocenters. The fourth-order valence-corrected chi connectivity index (χ4v) is 2.96. The zero-order valence-electron chi connectivity index (χ0n) is 14.6. The average molecular weight is 351 g/mol. The topological polar surface area (TPSA) is 78.5 Å². The first-order chi connectivity index (χ1) is 12.5. The molecular weight excluding hydrogens is 330 g/mol. The molecular formula is C20H21N3O3. The van der Waals surface area contributed by atoms with Crippen LogP contribution in [-0.2, 0) is 16.0 Å². The molecule has 3 rings (SSSR count). The van der Waals surface area contributed by atoms with Gasteiger partial charge in [0.15, 0.2) is 0 Å². The van der Waals surface area contributed by atoms with Gasteiger partial charge >= 0.3 is 6.03 Å². The van der Waals surface area contributed by atoms with E-state index in [2.05, 4.69) is 10.6 Å². The molecule has 1 aliphatic heterocycles. The number of anilines is 1. The molecule has 2 N–H and O–H groups in total. The maximum Gasteiger partial charge on any atom is 0.325 e. The maximum atomic E-state index is 12.7. The summed E-state index contributed by atoms with van der Waals surface area (Å²) in [6.45, 7) is 1.39. The Morgan fingerprint density at radius 1 is 1.04 bits per heavy atom. The summed E-state index contributed by atoms with van der Waals surface area (Å²) < 4.78 is 0. The second-order valence-corrected chi connectivity index (χ2v) is 6.55. The quantitative estimate of drug-likeness (QED) is 0.785. The van der Waals surface area contributed by atoms with E-state index in [1.165, 1.54) is 0 Å². The molecule has 0 saturated carbocycles. The van der Waals surface area contributed by atoms with Crippen LogP contribution in [0.2, 0.25) is 0 Å². The number of para-hydroxylation sites is 1. The van der Waals surface area contributed by atoms with Crippen LogP contribution in [0.25, 0.3) is 0 Å². The molecule has 0 unspecified atom stereocenters. The monoisotopic (exact) mass is 351 g/mol. The van der Waals surface area contributed by atoms with Crippen LogP contribution in [0.4, 0.5) is 10.5 Å². The van der Waals surface area contributed by atoms with Gasteiger partial charge in [0.25, 0.3) is 5.91 Å². The van der Waals surface area contributed by atoms with Crippen LogP contribution in [0, 0.1) is 0 Å². The first kappa shape index (κ1) is 17.7. The van der Waals surface area contributed by atoms with Crippen molar-refractivity contribution in [1.29, 1.82) is 0 Å². The lowest BCUT2D eigenvalue weighted by atomic mass is 9.93. The third-order valence-corrected chi connectivity index (χ3v) is 4.46. The van der Waals surface area contributed by atoms with Crippen LogP contribution in [0.3, 0.4) is 0 Å². The van der Waals surface area contributed by atoms with E-state index in [0.29, 0.717) is 18.5 Å². The third-order valence-electron chi connectivity index (χ3n) is 4.46. The van der Waals surface area contributed by atoms with Gasteiger partial charge in [-0.1, -0.05) is 48.5 Å². The molecule has 1 heterocycles. The molecule has 0 radical (unpaired) electrons. The first-order valence-electron chi connectivity index (χ1n) is 8.51. The number of hydrogen-bond acceptors (Lipinski definition) is 3. The highest BCUT2D eigenvalue weighted by Gasteiger charge is 2.47. The van der Waals surface area contributed by atoms with Gasteiger partial charge in [-0.3, -0.25) is 14.5 Å². The summed E-state index contributed by atoms with van der Waals surface area (Å²) in [5.41, 5.74) is 0.715. The Hall–Kier alpha value is -3.15. The lowest BCUT2D eigenvalue weighted by Crippen LogP contribution is -2.45. The molecule has 6 heteroatoms. The Morgan fingerprint density at radius 2 is 1.65 bits per heavy atom. The summed E-state index contributed by atoms with van der Waals surface area (Å²) in [6.07, 6.45) is 1.13. The van der Waals surface area contributed by atoms with Gasteiger partial charge in [-0.2, -0.15) is 0 Å². The van der Waals surface area contributed by atoms with Crippen molar-refractivity contribution in [1.82, 2.24) is 10.2 Å². The summed E-state index contributed by atoms with van der Waals surface area (Å²) >= 11 is 0. The largest absolute Gasteiger partial charge is 0.325 e. The number of carbonyl (C=O) groups excluding carboxylic acids is 3. The fourth-order valence-electron chi connectivity index (χ4n) is 2.96. The zero-order chi connectivity index (χ0) is 18.6. The highest BCUT2D eigenvalue weighted by Crippen LogP contribution is 2.23. The Balaban J connectivity index is 1.61. The number of benzene rings is 2. The van der Waals surface area contributed by atoms with Crippen LogP contribution in [0.5, 0.6) is 0 Å². The van der Waals surface area contributed by atoms with E-state index in [-0.39, 0.29) is 12.5 Å². The van der Waals surface area contributed by atoms with Gasteiger partial charge in [0.1, 0.15) is 12.1 Å². The lowest BCUT2D eigenvalue weighted by Gasteiger charge is -2.21. The van der Waals surface area contributed by atoms with Crippen molar-refractivity contribution in [2.24, 2.45) is 0 Å². The van der Waals surface area contributed by atoms with E-state index in [4.69, 9.17) is 0 Å². The summed E-state index contributed by atoms with van der Waals surface area (Å²) in [6, 6.07) is 18.2. The predicted octanol–water partition coefficient (Wildman–Crippen LogP) is 2.57. The van der Waals surface area contributed by atoms with Crippen LogP contribution >= 0.6 is 0 Å². The number of amides is 4. The van der Waals surface area contributed by atoms with Crippen LogP contribution in [-0.4, -0.2) is 34.8 Å². The summed E-state index contributed by atoms with van der Waals surface area (Å²) in [5, 5.41) is 5.41. The molecule has 2 aromatic rings. The minimum atomic E-state index is -1.00. The maximum absolute atomic E-state index is 12.7. The Morgan fingerprint density at radius 3 is 2.31 bits per heavy atom. The minimum Gasteiger partial charge on any atom is -0.325 e. The smallest absolute Gasteiger partial charge is 0.325 e. The molecule has 1 saturated heterocycles. The lowest BCUT2D eigenvalue weighted by molar-refractivity contribution is -0.133. The molecule has 134 valence electrons. The van der Waals surface area contributed by atoms with Crippen molar-refractivity contribution in [3.8, 4) is 0 Å². The molecule has 2 aromatic carbocycles. The second-order valence-electron chi connectivity index (χ2n) is 6.55. The van der Waals surface area contributed by atoms with E-state index >= 15 is 0 Å². The highest BCUT2D eigenvalue weighted by atomic mass is 16.2. The number of imide groups is 1. The van der Waals surface area contributed by atoms with Gasteiger partial charge < -0.3 is 10.6 Å². The molecule has 1 fully saturated rings. The van der Waals surface area contributed by atoms with Gasteiger partial charge in [0.2, 0.25) is 5.91 Å². The molecule has 26 heavy (non-hydrogen) atoms. The summed E-state index contributed by atoms with van der Waals surface area (Å²) in [4.78, 5) is 38.1. The molecule has 4 amide bonds. The minimum absolute atomic E-state index is 0.305. The normalized spacial score (nSPS) is 19.3. The van der Waals surface area contributed by atoms with E-state index in [1.54, 1.807) is 31.2 Å². The van der Waals surface area contributed by atoms with Crippen molar-refractivity contribution < 1.29 is 14.4 Å². The molecule has 0 aromatic heterocycles. The number of carbonyl (C=O) groups is 3. The third kappa shape index (κ3) is 3.91. The van der Waals surface area contributed by atoms with Gasteiger partial charge in [0, 0.05) is 5.69 Å². The van der Waals surface area contributed by atoms with Crippen molar-refractivity contribution >= 4 is 23.5 Å². The van der Waals surface area contributed by atoms with E-state index in [1.807, 2.05) is 36.4 Å². The van der Waals surface area contributed by atoms with Gasteiger partial charge in [-0.15, -0.1) is 0 Å². The first-order valence-corrected chi connectivity index (χ1v) is 8.51. The molecule has 6 nitrogen and oxygen atoms in total. The Bertz CT molecular complexity index is 808. The zero-order valence-corrected chi connectivity index (χ0v) is 14.6. The van der Waals surface area contributed by atoms with E-state index < -0.39 is 17.5 Å². The standard InChI is InChI=1S/C20H21N3O3/c1-20(13-12-15-8-4-2-5-9-15)18(25)23(19(26)22-20)14-17(24)21-16-10-6-3-7-11-16/h2-11H,12-14H2,1H3,(H,21,24)(H,22,26)/t20-/m0/s1. The van der Waals surface area contributed by atoms with Crippen molar-refractivity contribution in [2.75, 3.05) is 11.9 Å². The van der Waals surface area contributed by atoms with Crippen molar-refractivity contribution in [3.05, 3.63) is 66.2 Å². The average Bonchev–Trinajstić information content (AvgIpc) is 2.85. The van der Waals surface area contributed by atoms with Crippen molar-refractivity contribution in [3.63, 3.8) is 0 Å². The van der Waals surface area contributed by atoms with Crippen molar-refractivity contribution in [2.45, 2.75) is 25.3 Å². The molecule has 0 bridgehead atoms. The molecule has 1 aliphatic rings. The van der Waals surface area contributed by atoms with Gasteiger partial charge in [-0.05, 0) is 37.5 Å².